The molecule has 0 radical (unpaired) electrons. The number of benzene rings is 3. The number of carbonyl (C=O) groups excluding carboxylic acids is 1. The molecule has 0 fully saturated rings. The molecule has 0 atom stereocenters. The van der Waals surface area contributed by atoms with Crippen molar-refractivity contribution in [1.29, 1.82) is 0 Å². The Morgan fingerprint density at radius 3 is 2.28 bits per heavy atom. The van der Waals surface area contributed by atoms with Crippen molar-refractivity contribution in [2.45, 2.75) is 24.5 Å². The highest BCUT2D eigenvalue weighted by Gasteiger charge is 2.33. The second kappa shape index (κ2) is 7.84. The molecule has 3 aromatic rings. The summed E-state index contributed by atoms with van der Waals surface area (Å²) in [5.41, 5.74) is -0.634. The maximum atomic E-state index is 13.1. The highest BCUT2D eigenvalue weighted by Crippen LogP contribution is 2.32. The molecular weight excluding hydrogens is 405 g/mol. The van der Waals surface area contributed by atoms with Crippen molar-refractivity contribution in [3.8, 4) is 0 Å². The van der Waals surface area contributed by atoms with E-state index in [1.807, 2.05) is 0 Å². The summed E-state index contributed by atoms with van der Waals surface area (Å²) in [6, 6.07) is 14.1. The Morgan fingerprint density at radius 1 is 0.931 bits per heavy atom. The van der Waals surface area contributed by atoms with Gasteiger partial charge >= 0.3 is 6.18 Å². The largest absolute Gasteiger partial charge is 0.416 e. The monoisotopic (exact) mass is 422 g/mol. The molecule has 0 aliphatic rings. The number of sulfonamides is 1. The smallest absolute Gasteiger partial charge is 0.326 e. The first-order chi connectivity index (χ1) is 13.6. The second-order valence-corrected chi connectivity index (χ2v) is 8.05. The first-order valence-electron chi connectivity index (χ1n) is 8.54. The van der Waals surface area contributed by atoms with E-state index < -0.39 is 28.3 Å². The van der Waals surface area contributed by atoms with Crippen molar-refractivity contribution < 1.29 is 26.4 Å². The first kappa shape index (κ1) is 20.8. The van der Waals surface area contributed by atoms with Crippen LogP contribution < -0.4 is 10.0 Å². The minimum absolute atomic E-state index is 0.0910. The van der Waals surface area contributed by atoms with Gasteiger partial charge in [-0.25, -0.2) is 13.1 Å². The normalized spacial score (nSPS) is 12.1. The van der Waals surface area contributed by atoms with Gasteiger partial charge in [-0.15, -0.1) is 0 Å². The van der Waals surface area contributed by atoms with Crippen molar-refractivity contribution in [3.63, 3.8) is 0 Å². The first-order valence-corrected chi connectivity index (χ1v) is 10.0. The molecule has 2 N–H and O–H groups in total. The third-order valence-corrected chi connectivity index (χ3v) is 5.72. The third kappa shape index (κ3) is 4.57. The van der Waals surface area contributed by atoms with Crippen LogP contribution in [0.1, 0.15) is 18.1 Å². The molecule has 9 heteroatoms. The van der Waals surface area contributed by atoms with Crippen LogP contribution in [-0.4, -0.2) is 14.3 Å². The van der Waals surface area contributed by atoms with E-state index in [4.69, 9.17) is 0 Å². The molecule has 3 aromatic carbocycles. The van der Waals surface area contributed by atoms with Gasteiger partial charge < -0.3 is 5.32 Å². The number of hydrogen-bond donors (Lipinski definition) is 2. The van der Waals surface area contributed by atoms with E-state index in [1.54, 1.807) is 24.3 Å². The van der Waals surface area contributed by atoms with Gasteiger partial charge in [0.2, 0.25) is 15.9 Å². The zero-order valence-electron chi connectivity index (χ0n) is 15.2. The Hall–Kier alpha value is -2.91. The van der Waals surface area contributed by atoms with E-state index in [0.29, 0.717) is 16.5 Å². The van der Waals surface area contributed by atoms with Gasteiger partial charge in [0, 0.05) is 29.9 Å². The molecule has 0 aliphatic carbocycles. The molecule has 0 aliphatic heterocycles. The number of amides is 1. The summed E-state index contributed by atoms with van der Waals surface area (Å²) >= 11 is 0. The molecule has 1 amide bonds. The predicted molar refractivity (Wildman–Crippen MR) is 104 cm³/mol. The minimum Gasteiger partial charge on any atom is -0.326 e. The van der Waals surface area contributed by atoms with E-state index in [2.05, 4.69) is 10.0 Å². The third-order valence-electron chi connectivity index (χ3n) is 4.26. The number of rotatable bonds is 5. The van der Waals surface area contributed by atoms with Crippen molar-refractivity contribution in [2.24, 2.45) is 0 Å². The van der Waals surface area contributed by atoms with Crippen LogP contribution >= 0.6 is 0 Å². The second-order valence-electron chi connectivity index (χ2n) is 6.32. The minimum atomic E-state index is -4.59. The topological polar surface area (TPSA) is 75.3 Å². The van der Waals surface area contributed by atoms with Gasteiger partial charge in [-0.1, -0.05) is 42.5 Å². The number of hydrogen-bond acceptors (Lipinski definition) is 3. The van der Waals surface area contributed by atoms with E-state index in [-0.39, 0.29) is 16.4 Å². The fourth-order valence-electron chi connectivity index (χ4n) is 3.02. The van der Waals surface area contributed by atoms with Gasteiger partial charge in [-0.2, -0.15) is 13.2 Å². The van der Waals surface area contributed by atoms with Gasteiger partial charge in [0.15, 0.2) is 0 Å². The summed E-state index contributed by atoms with van der Waals surface area (Å²) in [6.45, 7) is 0.818. The van der Waals surface area contributed by atoms with Crippen molar-refractivity contribution in [2.75, 3.05) is 5.32 Å². The fourth-order valence-corrected chi connectivity index (χ4v) is 4.24. The molecule has 29 heavy (non-hydrogen) atoms. The van der Waals surface area contributed by atoms with Crippen molar-refractivity contribution in [3.05, 3.63) is 71.8 Å². The molecular formula is C20H17F3N2O3S. The lowest BCUT2D eigenvalue weighted by Gasteiger charge is -2.15. The van der Waals surface area contributed by atoms with Crippen LogP contribution in [0.3, 0.4) is 0 Å². The summed E-state index contributed by atoms with van der Waals surface area (Å²) in [4.78, 5) is 11.3. The summed E-state index contributed by atoms with van der Waals surface area (Å²) in [5, 5.41) is 3.47. The summed E-state index contributed by atoms with van der Waals surface area (Å²) in [7, 11) is -4.12. The number of fused-ring (bicyclic) bond motifs is 1. The zero-order chi connectivity index (χ0) is 21.2. The Labute approximate surface area is 165 Å². The Balaban J connectivity index is 1.97. The molecule has 0 unspecified atom stereocenters. The van der Waals surface area contributed by atoms with Gasteiger partial charge in [-0.3, -0.25) is 4.79 Å². The van der Waals surface area contributed by atoms with E-state index >= 15 is 0 Å². The Morgan fingerprint density at radius 2 is 1.59 bits per heavy atom. The summed E-state index contributed by atoms with van der Waals surface area (Å²) < 4.78 is 67.3. The van der Waals surface area contributed by atoms with Crippen LogP contribution in [0.15, 0.2) is 65.6 Å². The van der Waals surface area contributed by atoms with Crippen LogP contribution in [0.4, 0.5) is 18.9 Å². The van der Waals surface area contributed by atoms with Crippen molar-refractivity contribution >= 4 is 32.4 Å². The average Bonchev–Trinajstić information content (AvgIpc) is 2.65. The highest BCUT2D eigenvalue weighted by atomic mass is 32.2. The predicted octanol–water partition coefficient (Wildman–Crippen LogP) is 4.30. The average molecular weight is 422 g/mol. The molecule has 0 heterocycles. The van der Waals surface area contributed by atoms with E-state index in [1.165, 1.54) is 37.3 Å². The number of alkyl halides is 3. The number of carbonyl (C=O) groups is 1. The molecule has 152 valence electrons. The highest BCUT2D eigenvalue weighted by molar-refractivity contribution is 7.89. The molecule has 5 nitrogen and oxygen atoms in total. The van der Waals surface area contributed by atoms with E-state index in [9.17, 15) is 26.4 Å². The molecule has 0 spiro atoms. The summed E-state index contributed by atoms with van der Waals surface area (Å²) in [6.07, 6.45) is -4.59. The van der Waals surface area contributed by atoms with Gasteiger partial charge in [0.05, 0.1) is 10.5 Å². The van der Waals surface area contributed by atoms with Crippen LogP contribution in [0, 0.1) is 0 Å². The lowest BCUT2D eigenvalue weighted by molar-refractivity contribution is -0.138. The molecule has 0 aromatic heterocycles. The Bertz CT molecular complexity index is 1180. The van der Waals surface area contributed by atoms with Crippen LogP contribution in [0.2, 0.25) is 0 Å². The number of nitrogens with one attached hydrogen (secondary N) is 2. The number of anilines is 1. The molecule has 0 bridgehead atoms. The number of halogens is 3. The van der Waals surface area contributed by atoms with Crippen LogP contribution in [-0.2, 0) is 27.5 Å². The van der Waals surface area contributed by atoms with Gasteiger partial charge in [0.1, 0.15) is 0 Å². The standard InChI is InChI=1S/C20H17F3N2O3S/c1-13(26)25-18-10-4-8-16-15(18)7-5-11-19(16)29(27,28)24-12-14-6-2-3-9-17(14)20(21,22)23/h2-11,24H,12H2,1H3,(H,25,26). The maximum absolute atomic E-state index is 13.1. The molecule has 0 saturated heterocycles. The quantitative estimate of drug-likeness (QED) is 0.644. The van der Waals surface area contributed by atoms with Gasteiger partial charge in [0.25, 0.3) is 0 Å². The Kier molecular flexibility index (Phi) is 5.63. The lowest BCUT2D eigenvalue weighted by atomic mass is 10.1. The lowest BCUT2D eigenvalue weighted by Crippen LogP contribution is -2.25. The SMILES string of the molecule is CC(=O)Nc1cccc2c(S(=O)(=O)NCc3ccccc3C(F)(F)F)cccc12. The maximum Gasteiger partial charge on any atom is 0.416 e. The zero-order valence-corrected chi connectivity index (χ0v) is 16.1. The fraction of sp³-hybridized carbons (Fsp3) is 0.150. The van der Waals surface area contributed by atoms with Crippen molar-refractivity contribution in [1.82, 2.24) is 4.72 Å². The van der Waals surface area contributed by atoms with E-state index in [0.717, 1.165) is 6.07 Å². The van der Waals surface area contributed by atoms with Gasteiger partial charge in [-0.05, 0) is 23.8 Å². The summed E-state index contributed by atoms with van der Waals surface area (Å²) in [5.74, 6) is -0.312. The molecule has 0 saturated carbocycles. The van der Waals surface area contributed by atoms with Crippen LogP contribution in [0.25, 0.3) is 10.8 Å². The molecule has 3 rings (SSSR count). The van der Waals surface area contributed by atoms with Crippen LogP contribution in [0.5, 0.6) is 0 Å².